The fourth-order valence-electron chi connectivity index (χ4n) is 2.34. The summed E-state index contributed by atoms with van der Waals surface area (Å²) in [6.07, 6.45) is -0.406. The number of rotatable bonds is 5. The highest BCUT2D eigenvalue weighted by Gasteiger charge is 2.65. The number of carbonyl (C=O) groups excluding carboxylic acids is 2. The van der Waals surface area contributed by atoms with E-state index in [9.17, 15) is 14.4 Å². The van der Waals surface area contributed by atoms with Gasteiger partial charge in [-0.25, -0.2) is 9.59 Å². The van der Waals surface area contributed by atoms with E-state index < -0.39 is 30.4 Å². The maximum Gasteiger partial charge on any atom is 0.326 e. The third-order valence-electron chi connectivity index (χ3n) is 4.50. The maximum absolute atomic E-state index is 11.8. The van der Waals surface area contributed by atoms with E-state index in [1.54, 1.807) is 0 Å². The second-order valence-corrected chi connectivity index (χ2v) is 6.17. The molecule has 0 radical (unpaired) electrons. The van der Waals surface area contributed by atoms with E-state index in [1.807, 2.05) is 27.7 Å². The van der Waals surface area contributed by atoms with Gasteiger partial charge in [0, 0.05) is 6.04 Å². The first-order chi connectivity index (χ1) is 9.03. The average molecular weight is 286 g/mol. The summed E-state index contributed by atoms with van der Waals surface area (Å²) in [5.74, 6) is -1.97. The lowest BCUT2D eigenvalue weighted by Crippen LogP contribution is -2.48. The molecule has 1 aliphatic rings. The predicted octanol–water partition coefficient (Wildman–Crippen LogP) is 0.737. The molecule has 0 aromatic carbocycles. The summed E-state index contributed by atoms with van der Waals surface area (Å²) in [5.41, 5.74) is -0.100. The number of methoxy groups -OCH3 is 1. The molecule has 0 aromatic heterocycles. The fraction of sp³-hybridized carbons (Fsp3) is 0.769. The molecule has 0 saturated heterocycles. The van der Waals surface area contributed by atoms with E-state index in [1.165, 1.54) is 0 Å². The molecule has 7 nitrogen and oxygen atoms in total. The first kappa shape index (κ1) is 16.3. The number of amides is 2. The van der Waals surface area contributed by atoms with Crippen LogP contribution >= 0.6 is 0 Å². The molecule has 0 aliphatic heterocycles. The van der Waals surface area contributed by atoms with Crippen LogP contribution in [0.1, 0.15) is 34.1 Å². The summed E-state index contributed by atoms with van der Waals surface area (Å²) in [6.45, 7) is 8.12. The van der Waals surface area contributed by atoms with Crippen LogP contribution in [-0.2, 0) is 14.3 Å². The Labute approximate surface area is 118 Å². The van der Waals surface area contributed by atoms with Crippen molar-refractivity contribution in [3.05, 3.63) is 0 Å². The van der Waals surface area contributed by atoms with Crippen molar-refractivity contribution in [3.8, 4) is 0 Å². The minimum absolute atomic E-state index is 0.0393. The first-order valence-corrected chi connectivity index (χ1v) is 6.40. The van der Waals surface area contributed by atoms with Crippen LogP contribution in [-0.4, -0.2) is 42.3 Å². The number of aliphatic carboxylic acids is 1. The molecular weight excluding hydrogens is 264 g/mol. The molecule has 114 valence electrons. The van der Waals surface area contributed by atoms with Crippen LogP contribution in [0.5, 0.6) is 0 Å². The monoisotopic (exact) mass is 286 g/mol. The number of carboxylic acid groups (broad SMARTS) is 1. The number of urea groups is 1. The van der Waals surface area contributed by atoms with Crippen molar-refractivity contribution in [2.24, 2.45) is 10.8 Å². The van der Waals surface area contributed by atoms with Gasteiger partial charge in [-0.15, -0.1) is 0 Å². The Bertz CT molecular complexity index is 416. The highest BCUT2D eigenvalue weighted by atomic mass is 16.5. The van der Waals surface area contributed by atoms with Gasteiger partial charge in [-0.1, -0.05) is 27.7 Å². The minimum atomic E-state index is -1.30. The molecule has 7 heteroatoms. The Morgan fingerprint density at radius 1 is 1.20 bits per heavy atom. The van der Waals surface area contributed by atoms with Gasteiger partial charge in [0.15, 0.2) is 0 Å². The van der Waals surface area contributed by atoms with Gasteiger partial charge in [0.2, 0.25) is 0 Å². The molecule has 0 spiro atoms. The average Bonchev–Trinajstić information content (AvgIpc) is 2.70. The van der Waals surface area contributed by atoms with Crippen LogP contribution in [0.3, 0.4) is 0 Å². The zero-order valence-corrected chi connectivity index (χ0v) is 12.4. The maximum atomic E-state index is 11.8. The van der Waals surface area contributed by atoms with Crippen LogP contribution in [0, 0.1) is 10.8 Å². The van der Waals surface area contributed by atoms with Crippen LogP contribution in [0.2, 0.25) is 0 Å². The number of hydrogen-bond donors (Lipinski definition) is 3. The van der Waals surface area contributed by atoms with Gasteiger partial charge in [0.05, 0.1) is 13.5 Å². The first-order valence-electron chi connectivity index (χ1n) is 6.40. The van der Waals surface area contributed by atoms with E-state index in [0.717, 1.165) is 7.11 Å². The summed E-state index contributed by atoms with van der Waals surface area (Å²) in [4.78, 5) is 33.9. The van der Waals surface area contributed by atoms with E-state index in [0.29, 0.717) is 0 Å². The molecule has 0 unspecified atom stereocenters. The Kier molecular flexibility index (Phi) is 4.31. The number of nitrogens with one attached hydrogen (secondary N) is 2. The Morgan fingerprint density at radius 3 is 2.05 bits per heavy atom. The fourth-order valence-corrected chi connectivity index (χ4v) is 2.34. The summed E-state index contributed by atoms with van der Waals surface area (Å²) >= 11 is 0. The van der Waals surface area contributed by atoms with Crippen LogP contribution in [0.4, 0.5) is 4.79 Å². The minimum Gasteiger partial charge on any atom is -0.480 e. The molecule has 20 heavy (non-hydrogen) atoms. The van der Waals surface area contributed by atoms with Crippen molar-refractivity contribution in [3.63, 3.8) is 0 Å². The SMILES string of the molecule is COC(=O)C[C@H](NC(=O)NC1C(C)(C)C1(C)C)C(=O)O. The van der Waals surface area contributed by atoms with Crippen molar-refractivity contribution in [1.82, 2.24) is 10.6 Å². The number of carboxylic acids is 1. The molecule has 1 atom stereocenters. The predicted molar refractivity (Wildman–Crippen MR) is 71.1 cm³/mol. The van der Waals surface area contributed by atoms with Crippen molar-refractivity contribution in [2.75, 3.05) is 7.11 Å². The van der Waals surface area contributed by atoms with Gasteiger partial charge in [0.1, 0.15) is 6.04 Å². The number of ether oxygens (including phenoxy) is 1. The lowest BCUT2D eigenvalue weighted by molar-refractivity contribution is -0.147. The zero-order valence-electron chi connectivity index (χ0n) is 12.4. The van der Waals surface area contributed by atoms with Gasteiger partial charge in [-0.3, -0.25) is 4.79 Å². The highest BCUT2D eigenvalue weighted by molar-refractivity contribution is 5.86. The van der Waals surface area contributed by atoms with E-state index >= 15 is 0 Å². The Balaban J connectivity index is 2.56. The lowest BCUT2D eigenvalue weighted by atomic mass is 10.0. The smallest absolute Gasteiger partial charge is 0.326 e. The largest absolute Gasteiger partial charge is 0.480 e. The normalized spacial score (nSPS) is 20.6. The second kappa shape index (κ2) is 5.30. The molecular formula is C13H22N2O5. The molecule has 2 amide bonds. The molecule has 0 bridgehead atoms. The van der Waals surface area contributed by atoms with Gasteiger partial charge in [-0.05, 0) is 10.8 Å². The molecule has 3 N–H and O–H groups in total. The van der Waals surface area contributed by atoms with Gasteiger partial charge in [0.25, 0.3) is 0 Å². The van der Waals surface area contributed by atoms with Gasteiger partial charge in [-0.2, -0.15) is 0 Å². The van der Waals surface area contributed by atoms with Crippen molar-refractivity contribution in [2.45, 2.75) is 46.2 Å². The zero-order chi connectivity index (χ0) is 15.7. The van der Waals surface area contributed by atoms with Gasteiger partial charge < -0.3 is 20.5 Å². The third kappa shape index (κ3) is 3.02. The summed E-state index contributed by atoms with van der Waals surface area (Å²) < 4.78 is 4.40. The lowest BCUT2D eigenvalue weighted by Gasteiger charge is -2.15. The van der Waals surface area contributed by atoms with Crippen LogP contribution in [0.15, 0.2) is 0 Å². The molecule has 0 aromatic rings. The van der Waals surface area contributed by atoms with E-state index in [4.69, 9.17) is 5.11 Å². The summed E-state index contributed by atoms with van der Waals surface area (Å²) in [6, 6.07) is -1.93. The van der Waals surface area contributed by atoms with E-state index in [2.05, 4.69) is 15.4 Å². The molecule has 1 aliphatic carbocycles. The number of hydrogen-bond acceptors (Lipinski definition) is 4. The Morgan fingerprint density at radius 2 is 1.70 bits per heavy atom. The van der Waals surface area contributed by atoms with Crippen molar-refractivity contribution >= 4 is 18.0 Å². The highest BCUT2D eigenvalue weighted by Crippen LogP contribution is 2.62. The molecule has 1 saturated carbocycles. The van der Waals surface area contributed by atoms with Crippen LogP contribution in [0.25, 0.3) is 0 Å². The van der Waals surface area contributed by atoms with Crippen molar-refractivity contribution in [1.29, 1.82) is 0 Å². The molecule has 1 rings (SSSR count). The van der Waals surface area contributed by atoms with Crippen LogP contribution < -0.4 is 10.6 Å². The molecule has 0 heterocycles. The number of carbonyl (C=O) groups is 3. The standard InChI is InChI=1S/C13H22N2O5/c1-12(2)10(13(12,3)4)15-11(19)14-7(9(17)18)6-8(16)20-5/h7,10H,6H2,1-5H3,(H,17,18)(H2,14,15,19)/t7-/m0/s1. The Hall–Kier alpha value is -1.79. The number of esters is 1. The summed E-state index contributed by atoms with van der Waals surface area (Å²) in [5, 5.41) is 14.0. The third-order valence-corrected chi connectivity index (χ3v) is 4.50. The van der Waals surface area contributed by atoms with Gasteiger partial charge >= 0.3 is 18.0 Å². The molecule has 1 fully saturated rings. The second-order valence-electron chi connectivity index (χ2n) is 6.17. The topological polar surface area (TPSA) is 105 Å². The van der Waals surface area contributed by atoms with Crippen molar-refractivity contribution < 1.29 is 24.2 Å². The van der Waals surface area contributed by atoms with E-state index in [-0.39, 0.29) is 16.9 Å². The summed E-state index contributed by atoms with van der Waals surface area (Å²) in [7, 11) is 1.16. The quantitative estimate of drug-likeness (QED) is 0.646.